The molecule has 0 radical (unpaired) electrons. The summed E-state index contributed by atoms with van der Waals surface area (Å²) in [5, 5.41) is 14.2. The van der Waals surface area contributed by atoms with Gasteiger partial charge in [0.15, 0.2) is 0 Å². The molecule has 7 heteroatoms. The maximum atomic E-state index is 10.5. The number of halogens is 1. The van der Waals surface area contributed by atoms with Gasteiger partial charge in [-0.3, -0.25) is 25.1 Å². The van der Waals surface area contributed by atoms with E-state index in [1.54, 1.807) is 18.5 Å². The van der Waals surface area contributed by atoms with E-state index in [9.17, 15) is 10.1 Å². The van der Waals surface area contributed by atoms with E-state index in [0.717, 1.165) is 5.69 Å². The molecule has 1 aliphatic heterocycles. The lowest BCUT2D eigenvalue weighted by Crippen LogP contribution is -2.33. The lowest BCUT2D eigenvalue weighted by atomic mass is 10.3. The van der Waals surface area contributed by atoms with Crippen LogP contribution in [0, 0.1) is 10.1 Å². The van der Waals surface area contributed by atoms with E-state index in [1.807, 2.05) is 17.1 Å². The first-order valence-electron chi connectivity index (χ1n) is 4.43. The third-order valence-electron chi connectivity index (χ3n) is 2.20. The summed E-state index contributed by atoms with van der Waals surface area (Å²) in [5.41, 5.74) is 0.988. The summed E-state index contributed by atoms with van der Waals surface area (Å²) >= 11 is 0. The Balaban J connectivity index is 0.00000128. The number of nitrogens with zero attached hydrogens (tertiary/aromatic N) is 4. The fraction of sp³-hybridized carbons (Fsp3) is 0.222. The van der Waals surface area contributed by atoms with Gasteiger partial charge in [-0.05, 0) is 12.1 Å². The zero-order valence-corrected chi connectivity index (χ0v) is 10.9. The lowest BCUT2D eigenvalue weighted by Gasteiger charge is -2.25. The largest absolute Gasteiger partial charge is 0.276 e. The van der Waals surface area contributed by atoms with Crippen molar-refractivity contribution in [1.29, 1.82) is 0 Å². The normalized spacial score (nSPS) is 13.8. The predicted molar refractivity (Wildman–Crippen MR) is 72.1 cm³/mol. The monoisotopic (exact) mass is 334 g/mol. The number of anilines is 1. The van der Waals surface area contributed by atoms with Crippen LogP contribution in [-0.4, -0.2) is 30.0 Å². The summed E-state index contributed by atoms with van der Waals surface area (Å²) in [6.45, 7) is 0.550. The molecule has 0 amide bonds. The van der Waals surface area contributed by atoms with Gasteiger partial charge in [0.2, 0.25) is 0 Å². The molecule has 0 saturated heterocycles. The first-order chi connectivity index (χ1) is 7.18. The van der Waals surface area contributed by atoms with Gasteiger partial charge in [0.25, 0.3) is 5.69 Å². The summed E-state index contributed by atoms with van der Waals surface area (Å²) in [6.07, 6.45) is 1.71. The van der Waals surface area contributed by atoms with Crippen molar-refractivity contribution in [2.24, 2.45) is 4.99 Å². The van der Waals surface area contributed by atoms with Crippen molar-refractivity contribution in [3.63, 3.8) is 0 Å². The summed E-state index contributed by atoms with van der Waals surface area (Å²) in [5.74, 6) is 0. The average Bonchev–Trinajstić information content (AvgIpc) is 2.65. The number of hydrazine groups is 1. The number of rotatable bonds is 2. The Bertz CT molecular complexity index is 406. The van der Waals surface area contributed by atoms with Crippen LogP contribution in [0.4, 0.5) is 11.4 Å². The van der Waals surface area contributed by atoms with Gasteiger partial charge < -0.3 is 0 Å². The molecule has 0 spiro atoms. The molecule has 0 N–H and O–H groups in total. The number of nitro groups is 1. The summed E-state index contributed by atoms with van der Waals surface area (Å²) < 4.78 is 0. The van der Waals surface area contributed by atoms with Gasteiger partial charge >= 0.3 is 0 Å². The topological polar surface area (TPSA) is 62.0 Å². The molecular weight excluding hydrogens is 323 g/mol. The maximum absolute atomic E-state index is 10.5. The fourth-order valence-electron chi connectivity index (χ4n) is 1.40. The summed E-state index contributed by atoms with van der Waals surface area (Å²) in [6, 6.07) is 6.40. The average molecular weight is 334 g/mol. The Morgan fingerprint density at radius 3 is 2.44 bits per heavy atom. The zero-order chi connectivity index (χ0) is 10.8. The van der Waals surface area contributed by atoms with E-state index in [-0.39, 0.29) is 29.7 Å². The van der Waals surface area contributed by atoms with Gasteiger partial charge in [-0.15, -0.1) is 24.0 Å². The van der Waals surface area contributed by atoms with Crippen molar-refractivity contribution in [3.05, 3.63) is 34.4 Å². The highest BCUT2D eigenvalue weighted by atomic mass is 127. The van der Waals surface area contributed by atoms with Gasteiger partial charge in [0.1, 0.15) is 13.0 Å². The molecule has 0 unspecified atom stereocenters. The van der Waals surface area contributed by atoms with E-state index in [1.165, 1.54) is 12.1 Å². The highest BCUT2D eigenvalue weighted by Gasteiger charge is 2.14. The molecule has 1 aromatic rings. The van der Waals surface area contributed by atoms with Crippen LogP contribution < -0.4 is 5.01 Å². The van der Waals surface area contributed by atoms with Crippen molar-refractivity contribution < 1.29 is 4.92 Å². The van der Waals surface area contributed by atoms with Crippen LogP contribution in [0.25, 0.3) is 0 Å². The van der Waals surface area contributed by atoms with E-state index >= 15 is 0 Å². The number of aliphatic imine (C=N–C) groups is 1. The number of hydrogen-bond acceptors (Lipinski definition) is 5. The Morgan fingerprint density at radius 1 is 1.38 bits per heavy atom. The van der Waals surface area contributed by atoms with Crippen LogP contribution in [0.5, 0.6) is 0 Å². The molecule has 0 fully saturated rings. The van der Waals surface area contributed by atoms with E-state index in [4.69, 9.17) is 0 Å². The van der Waals surface area contributed by atoms with Gasteiger partial charge in [-0.1, -0.05) is 0 Å². The third kappa shape index (κ3) is 2.40. The van der Waals surface area contributed by atoms with E-state index < -0.39 is 4.92 Å². The maximum Gasteiger partial charge on any atom is 0.269 e. The highest BCUT2D eigenvalue weighted by Crippen LogP contribution is 2.21. The van der Waals surface area contributed by atoms with Gasteiger partial charge in [-0.2, -0.15) is 0 Å². The molecule has 16 heavy (non-hydrogen) atoms. The number of hydrogen-bond donors (Lipinski definition) is 0. The number of non-ortho nitro benzene ring substituents is 1. The molecule has 0 aliphatic carbocycles. The number of nitro benzene ring substituents is 1. The molecular formula is C9H11IN4O2. The zero-order valence-electron chi connectivity index (χ0n) is 8.61. The highest BCUT2D eigenvalue weighted by molar-refractivity contribution is 14.0. The van der Waals surface area contributed by atoms with Gasteiger partial charge in [0.05, 0.1) is 10.6 Å². The standard InChI is InChI=1S/C9H10N4O2.HI/c1-11-6-10-7-12(11)8-2-4-9(5-3-8)13(14)15;/h2-6H,7H2,1H3;1H. The second-order valence-corrected chi connectivity index (χ2v) is 3.19. The Kier molecular flexibility index (Phi) is 4.05. The number of benzene rings is 1. The fourth-order valence-corrected chi connectivity index (χ4v) is 1.40. The Hall–Kier alpha value is -1.38. The second kappa shape index (κ2) is 5.10. The lowest BCUT2D eigenvalue weighted by molar-refractivity contribution is -0.384. The van der Waals surface area contributed by atoms with Crippen molar-refractivity contribution >= 4 is 41.7 Å². The molecule has 6 nitrogen and oxygen atoms in total. The van der Waals surface area contributed by atoms with Crippen LogP contribution in [0.1, 0.15) is 0 Å². The molecule has 0 aromatic heterocycles. The van der Waals surface area contributed by atoms with Crippen LogP contribution in [0.2, 0.25) is 0 Å². The van der Waals surface area contributed by atoms with E-state index in [0.29, 0.717) is 6.67 Å². The van der Waals surface area contributed by atoms with Gasteiger partial charge in [0, 0.05) is 19.2 Å². The molecule has 0 saturated carbocycles. The molecule has 86 valence electrons. The SMILES string of the molecule is CN1C=NCN1c1ccc([N+](=O)[O-])cc1.I. The summed E-state index contributed by atoms with van der Waals surface area (Å²) in [7, 11) is 1.87. The molecule has 1 aromatic carbocycles. The minimum absolute atomic E-state index is 0. The van der Waals surface area contributed by atoms with E-state index in [2.05, 4.69) is 4.99 Å². The molecule has 0 bridgehead atoms. The van der Waals surface area contributed by atoms with Crippen molar-refractivity contribution in [2.75, 3.05) is 18.7 Å². The third-order valence-corrected chi connectivity index (χ3v) is 2.20. The molecule has 0 atom stereocenters. The molecule has 1 aliphatic rings. The van der Waals surface area contributed by atoms with Crippen molar-refractivity contribution in [3.8, 4) is 0 Å². The Morgan fingerprint density at radius 2 is 2.00 bits per heavy atom. The second-order valence-electron chi connectivity index (χ2n) is 3.19. The van der Waals surface area contributed by atoms with Crippen LogP contribution >= 0.6 is 24.0 Å². The van der Waals surface area contributed by atoms with Crippen LogP contribution in [0.3, 0.4) is 0 Å². The molecule has 2 rings (SSSR count). The smallest absolute Gasteiger partial charge is 0.269 e. The quantitative estimate of drug-likeness (QED) is 0.471. The van der Waals surface area contributed by atoms with Gasteiger partial charge in [-0.25, -0.2) is 0 Å². The minimum Gasteiger partial charge on any atom is -0.276 e. The summed E-state index contributed by atoms with van der Waals surface area (Å²) in [4.78, 5) is 14.1. The predicted octanol–water partition coefficient (Wildman–Crippen LogP) is 1.87. The van der Waals surface area contributed by atoms with Crippen LogP contribution in [-0.2, 0) is 0 Å². The Labute approximate surface area is 110 Å². The van der Waals surface area contributed by atoms with Crippen molar-refractivity contribution in [2.45, 2.75) is 0 Å². The minimum atomic E-state index is -0.409. The first kappa shape index (κ1) is 12.7. The molecule has 1 heterocycles. The first-order valence-corrected chi connectivity index (χ1v) is 4.43. The van der Waals surface area contributed by atoms with Crippen LogP contribution in [0.15, 0.2) is 29.3 Å². The van der Waals surface area contributed by atoms with Crippen molar-refractivity contribution in [1.82, 2.24) is 5.01 Å².